The third-order valence-corrected chi connectivity index (χ3v) is 2.27. The zero-order chi connectivity index (χ0) is 15.7. The van der Waals surface area contributed by atoms with Crippen molar-refractivity contribution in [1.82, 2.24) is 9.78 Å². The Labute approximate surface area is 106 Å². The fourth-order valence-electron chi connectivity index (χ4n) is 1.45. The average Bonchev–Trinajstić information content (AvgIpc) is 2.68. The van der Waals surface area contributed by atoms with Crippen molar-refractivity contribution in [2.75, 3.05) is 0 Å². The van der Waals surface area contributed by atoms with Crippen molar-refractivity contribution < 1.29 is 40.6 Å². The van der Waals surface area contributed by atoms with Gasteiger partial charge in [0.1, 0.15) is 11.4 Å². The zero-order valence-corrected chi connectivity index (χ0v) is 9.41. The molecule has 0 radical (unpaired) electrons. The number of nitrogens with zero attached hydrogens (tertiary/aromatic N) is 2. The number of aliphatic carboxylic acids is 1. The fourth-order valence-corrected chi connectivity index (χ4v) is 1.45. The van der Waals surface area contributed by atoms with Crippen molar-refractivity contribution in [3.05, 3.63) is 17.5 Å². The maximum atomic E-state index is 12.7. The lowest BCUT2D eigenvalue weighted by Crippen LogP contribution is -2.31. The molecule has 1 aromatic rings. The van der Waals surface area contributed by atoms with Crippen LogP contribution in [0.25, 0.3) is 0 Å². The number of hydrogen-bond donors (Lipinski definition) is 1. The average molecular weight is 308 g/mol. The van der Waals surface area contributed by atoms with Gasteiger partial charge in [-0.15, -0.1) is 0 Å². The highest BCUT2D eigenvalue weighted by Gasteiger charge is 2.45. The number of halogens is 7. The second-order valence-electron chi connectivity index (χ2n) is 3.70. The molecular weight excluding hydrogens is 301 g/mol. The molecule has 0 fully saturated rings. The van der Waals surface area contributed by atoms with Gasteiger partial charge < -0.3 is 5.11 Å². The Morgan fingerprint density at radius 2 is 1.80 bits per heavy atom. The summed E-state index contributed by atoms with van der Waals surface area (Å²) in [4.78, 5) is 10.4. The maximum absolute atomic E-state index is 12.7. The molecule has 0 saturated carbocycles. The van der Waals surface area contributed by atoms with Crippen LogP contribution in [0.4, 0.5) is 30.7 Å². The summed E-state index contributed by atoms with van der Waals surface area (Å²) in [7, 11) is 0. The van der Waals surface area contributed by atoms with Crippen molar-refractivity contribution in [3.8, 4) is 0 Å². The summed E-state index contributed by atoms with van der Waals surface area (Å²) in [6.07, 6.45) is -13.7. The van der Waals surface area contributed by atoms with Gasteiger partial charge >= 0.3 is 12.1 Å². The van der Waals surface area contributed by atoms with Crippen LogP contribution in [0.3, 0.4) is 0 Å². The van der Waals surface area contributed by atoms with E-state index in [2.05, 4.69) is 5.10 Å². The summed E-state index contributed by atoms with van der Waals surface area (Å²) in [5.74, 6) is -1.93. The van der Waals surface area contributed by atoms with E-state index in [1.165, 1.54) is 0 Å². The lowest BCUT2D eigenvalue weighted by Gasteiger charge is -2.21. The number of rotatable bonds is 5. The van der Waals surface area contributed by atoms with Gasteiger partial charge in [0.15, 0.2) is 6.04 Å². The molecular formula is C9H7F7N2O2. The van der Waals surface area contributed by atoms with Crippen LogP contribution in [0, 0.1) is 0 Å². The SMILES string of the molecule is O=C(O)CC(n1nc(C(F)F)cc1C(F)F)C(F)(F)F. The Hall–Kier alpha value is -1.81. The topological polar surface area (TPSA) is 55.1 Å². The number of alkyl halides is 7. The van der Waals surface area contributed by atoms with Crippen LogP contribution in [0.1, 0.15) is 36.7 Å². The van der Waals surface area contributed by atoms with Gasteiger partial charge in [0.2, 0.25) is 0 Å². The van der Waals surface area contributed by atoms with Gasteiger partial charge in [-0.25, -0.2) is 17.6 Å². The molecule has 1 heterocycles. The van der Waals surface area contributed by atoms with E-state index in [-0.39, 0.29) is 6.07 Å². The van der Waals surface area contributed by atoms with Gasteiger partial charge in [0, 0.05) is 0 Å². The van der Waals surface area contributed by atoms with Gasteiger partial charge in [-0.3, -0.25) is 9.48 Å². The van der Waals surface area contributed by atoms with Crippen LogP contribution >= 0.6 is 0 Å². The molecule has 0 saturated heterocycles. The summed E-state index contributed by atoms with van der Waals surface area (Å²) in [6.45, 7) is 0. The minimum atomic E-state index is -5.23. The molecule has 20 heavy (non-hydrogen) atoms. The fraction of sp³-hybridized carbons (Fsp3) is 0.556. The lowest BCUT2D eigenvalue weighted by atomic mass is 10.2. The van der Waals surface area contributed by atoms with Crippen LogP contribution in [0.15, 0.2) is 6.07 Å². The number of aromatic nitrogens is 2. The molecule has 1 atom stereocenters. The highest BCUT2D eigenvalue weighted by atomic mass is 19.4. The Morgan fingerprint density at radius 3 is 2.15 bits per heavy atom. The number of carbonyl (C=O) groups is 1. The normalized spacial score (nSPS) is 14.1. The van der Waals surface area contributed by atoms with E-state index in [1.54, 1.807) is 0 Å². The van der Waals surface area contributed by atoms with E-state index in [0.29, 0.717) is 0 Å². The second kappa shape index (κ2) is 5.67. The van der Waals surface area contributed by atoms with Crippen molar-refractivity contribution in [2.45, 2.75) is 31.5 Å². The highest BCUT2D eigenvalue weighted by Crippen LogP contribution is 2.37. The lowest BCUT2D eigenvalue weighted by molar-refractivity contribution is -0.180. The minimum absolute atomic E-state index is 0.121. The van der Waals surface area contributed by atoms with E-state index >= 15 is 0 Å². The van der Waals surface area contributed by atoms with E-state index in [4.69, 9.17) is 5.11 Å². The molecule has 1 aromatic heterocycles. The van der Waals surface area contributed by atoms with E-state index in [0.717, 1.165) is 0 Å². The van der Waals surface area contributed by atoms with Crippen LogP contribution in [0.2, 0.25) is 0 Å². The van der Waals surface area contributed by atoms with Crippen LogP contribution in [-0.2, 0) is 4.79 Å². The molecule has 1 rings (SSSR count). The molecule has 1 unspecified atom stereocenters. The molecule has 0 spiro atoms. The van der Waals surface area contributed by atoms with Gasteiger partial charge in [0.25, 0.3) is 12.9 Å². The van der Waals surface area contributed by atoms with E-state index in [1.807, 2.05) is 0 Å². The molecule has 1 N–H and O–H groups in total. The maximum Gasteiger partial charge on any atom is 0.411 e. The number of carboxylic acid groups (broad SMARTS) is 1. The van der Waals surface area contributed by atoms with Crippen LogP contribution in [-0.4, -0.2) is 27.0 Å². The van der Waals surface area contributed by atoms with Crippen LogP contribution in [0.5, 0.6) is 0 Å². The Balaban J connectivity index is 3.34. The third kappa shape index (κ3) is 3.61. The minimum Gasteiger partial charge on any atom is -0.481 e. The smallest absolute Gasteiger partial charge is 0.411 e. The van der Waals surface area contributed by atoms with E-state index < -0.39 is 53.5 Å². The quantitative estimate of drug-likeness (QED) is 0.849. The van der Waals surface area contributed by atoms with Crippen molar-refractivity contribution in [3.63, 3.8) is 0 Å². The van der Waals surface area contributed by atoms with Crippen molar-refractivity contribution >= 4 is 5.97 Å². The number of hydrogen-bond acceptors (Lipinski definition) is 2. The molecule has 0 aliphatic carbocycles. The third-order valence-electron chi connectivity index (χ3n) is 2.27. The second-order valence-corrected chi connectivity index (χ2v) is 3.70. The molecule has 0 aliphatic rings. The number of carboxylic acids is 1. The van der Waals surface area contributed by atoms with Gasteiger partial charge in [0.05, 0.1) is 6.42 Å². The first kappa shape index (κ1) is 16.2. The van der Waals surface area contributed by atoms with Gasteiger partial charge in [-0.2, -0.15) is 18.3 Å². The van der Waals surface area contributed by atoms with E-state index in [9.17, 15) is 35.5 Å². The zero-order valence-electron chi connectivity index (χ0n) is 9.41. The monoisotopic (exact) mass is 308 g/mol. The molecule has 0 aliphatic heterocycles. The van der Waals surface area contributed by atoms with Crippen molar-refractivity contribution in [1.29, 1.82) is 0 Å². The van der Waals surface area contributed by atoms with Gasteiger partial charge in [-0.1, -0.05) is 0 Å². The molecule has 0 amide bonds. The first-order valence-electron chi connectivity index (χ1n) is 4.98. The predicted molar refractivity (Wildman–Crippen MR) is 49.5 cm³/mol. The summed E-state index contributed by atoms with van der Waals surface area (Å²) in [6, 6.07) is -2.83. The standard InChI is InChI=1S/C9H7F7N2O2/c10-7(11)3-1-4(8(12)13)18(17-3)5(2-6(19)20)9(14,15)16/h1,5,7-8H,2H2,(H,19,20). The molecule has 4 nitrogen and oxygen atoms in total. The molecule has 114 valence electrons. The summed E-state index contributed by atoms with van der Waals surface area (Å²) in [5.41, 5.74) is -2.69. The Bertz CT molecular complexity index is 483. The molecule has 11 heteroatoms. The molecule has 0 bridgehead atoms. The predicted octanol–water partition coefficient (Wildman–Crippen LogP) is 3.34. The molecule has 0 aromatic carbocycles. The highest BCUT2D eigenvalue weighted by molar-refractivity contribution is 5.67. The van der Waals surface area contributed by atoms with Gasteiger partial charge in [-0.05, 0) is 6.07 Å². The van der Waals surface area contributed by atoms with Crippen molar-refractivity contribution in [2.24, 2.45) is 0 Å². The largest absolute Gasteiger partial charge is 0.481 e. The summed E-state index contributed by atoms with van der Waals surface area (Å²) >= 11 is 0. The Kier molecular flexibility index (Phi) is 4.61. The Morgan fingerprint density at radius 1 is 1.25 bits per heavy atom. The first-order valence-corrected chi connectivity index (χ1v) is 4.98. The summed E-state index contributed by atoms with van der Waals surface area (Å²) < 4.78 is 87.4. The first-order chi connectivity index (χ1) is 9.04. The van der Waals surface area contributed by atoms with Crippen LogP contribution < -0.4 is 0 Å². The summed E-state index contributed by atoms with van der Waals surface area (Å²) in [5, 5.41) is 11.1.